The summed E-state index contributed by atoms with van der Waals surface area (Å²) in [5.41, 5.74) is 1.17. The zero-order chi connectivity index (χ0) is 16.8. The Morgan fingerprint density at radius 1 is 1.29 bits per heavy atom. The predicted molar refractivity (Wildman–Crippen MR) is 92.3 cm³/mol. The molecule has 128 valence electrons. The molecular weight excluding hydrogens is 302 g/mol. The summed E-state index contributed by atoms with van der Waals surface area (Å²) in [7, 11) is 0. The molecule has 2 heterocycles. The van der Waals surface area contributed by atoms with E-state index in [1.165, 1.54) is 5.56 Å². The first kappa shape index (κ1) is 16.7. The Morgan fingerprint density at radius 3 is 2.88 bits per heavy atom. The summed E-state index contributed by atoms with van der Waals surface area (Å²) in [4.78, 5) is 18.6. The molecule has 24 heavy (non-hydrogen) atoms. The molecule has 0 spiro atoms. The molecule has 1 aromatic heterocycles. The number of nitrogens with zero attached hydrogens (tertiary/aromatic N) is 3. The summed E-state index contributed by atoms with van der Waals surface area (Å²) >= 11 is 0. The van der Waals surface area contributed by atoms with E-state index in [9.17, 15) is 9.90 Å². The van der Waals surface area contributed by atoms with Gasteiger partial charge in [0.2, 0.25) is 5.91 Å². The van der Waals surface area contributed by atoms with E-state index in [1.807, 2.05) is 33.9 Å². The van der Waals surface area contributed by atoms with Gasteiger partial charge in [0.1, 0.15) is 0 Å². The summed E-state index contributed by atoms with van der Waals surface area (Å²) in [5.74, 6) is 0.148. The molecule has 1 N–H and O–H groups in total. The number of imidazole rings is 1. The molecule has 0 unspecified atom stereocenters. The standard InChI is InChI=1S/C19H25N3O2/c23-18-8-4-12-22(17(18)14-16-6-2-1-3-7-16)19(24)9-5-11-21-13-10-20-15-21/h1-3,6-7,10,13,15,17-18,23H,4-5,8-9,11-12,14H2/t17-,18-/m0/s1. The lowest BCUT2D eigenvalue weighted by atomic mass is 9.92. The molecule has 0 radical (unpaired) electrons. The van der Waals surface area contributed by atoms with Gasteiger partial charge in [-0.05, 0) is 31.2 Å². The Hall–Kier alpha value is -2.14. The summed E-state index contributed by atoms with van der Waals surface area (Å²) in [6.07, 6.45) is 8.66. The molecule has 1 saturated heterocycles. The van der Waals surface area contributed by atoms with Crippen molar-refractivity contribution >= 4 is 5.91 Å². The van der Waals surface area contributed by atoms with Gasteiger partial charge in [0.25, 0.3) is 0 Å². The summed E-state index contributed by atoms with van der Waals surface area (Å²) in [6, 6.07) is 10.00. The van der Waals surface area contributed by atoms with Crippen molar-refractivity contribution in [2.24, 2.45) is 0 Å². The van der Waals surface area contributed by atoms with Gasteiger partial charge in [0, 0.05) is 31.9 Å². The maximum Gasteiger partial charge on any atom is 0.222 e. The van der Waals surface area contributed by atoms with Crippen LogP contribution in [0.4, 0.5) is 0 Å². The molecule has 0 saturated carbocycles. The number of carbonyl (C=O) groups is 1. The number of piperidine rings is 1. The van der Waals surface area contributed by atoms with Gasteiger partial charge in [-0.25, -0.2) is 4.98 Å². The van der Waals surface area contributed by atoms with Crippen LogP contribution in [0.2, 0.25) is 0 Å². The lowest BCUT2D eigenvalue weighted by Crippen LogP contribution is -2.52. The quantitative estimate of drug-likeness (QED) is 0.885. The Balaban J connectivity index is 1.59. The van der Waals surface area contributed by atoms with Gasteiger partial charge in [0.05, 0.1) is 18.5 Å². The van der Waals surface area contributed by atoms with E-state index in [0.29, 0.717) is 6.42 Å². The van der Waals surface area contributed by atoms with Crippen LogP contribution >= 0.6 is 0 Å². The third-order valence-electron chi connectivity index (χ3n) is 4.72. The highest BCUT2D eigenvalue weighted by Crippen LogP contribution is 2.22. The van der Waals surface area contributed by atoms with Crippen molar-refractivity contribution in [1.82, 2.24) is 14.5 Å². The van der Waals surface area contributed by atoms with Crippen molar-refractivity contribution in [3.05, 3.63) is 54.6 Å². The lowest BCUT2D eigenvalue weighted by Gasteiger charge is -2.39. The maximum atomic E-state index is 12.7. The fourth-order valence-electron chi connectivity index (χ4n) is 3.42. The first-order valence-corrected chi connectivity index (χ1v) is 8.71. The van der Waals surface area contributed by atoms with Crippen LogP contribution in [-0.2, 0) is 17.8 Å². The number of aliphatic hydroxyl groups is 1. The number of carbonyl (C=O) groups excluding carboxylic acids is 1. The molecule has 1 aliphatic rings. The number of benzene rings is 1. The Bertz CT molecular complexity index is 627. The molecule has 1 aromatic carbocycles. The molecule has 0 aliphatic carbocycles. The Labute approximate surface area is 142 Å². The van der Waals surface area contributed by atoms with E-state index in [1.54, 1.807) is 12.5 Å². The zero-order valence-corrected chi connectivity index (χ0v) is 13.9. The van der Waals surface area contributed by atoms with Crippen LogP contribution in [0.5, 0.6) is 0 Å². The summed E-state index contributed by atoms with van der Waals surface area (Å²) in [5, 5.41) is 10.4. The van der Waals surface area contributed by atoms with Crippen LogP contribution in [0, 0.1) is 0 Å². The van der Waals surface area contributed by atoms with Gasteiger partial charge in [-0.15, -0.1) is 0 Å². The fraction of sp³-hybridized carbons (Fsp3) is 0.474. The molecule has 1 aliphatic heterocycles. The number of aryl methyl sites for hydroxylation is 1. The number of aliphatic hydroxyl groups excluding tert-OH is 1. The third kappa shape index (κ3) is 4.23. The Kier molecular flexibility index (Phi) is 5.64. The van der Waals surface area contributed by atoms with Crippen LogP contribution in [-0.4, -0.2) is 44.2 Å². The van der Waals surface area contributed by atoms with Gasteiger partial charge in [-0.1, -0.05) is 30.3 Å². The van der Waals surface area contributed by atoms with Crippen LogP contribution < -0.4 is 0 Å². The van der Waals surface area contributed by atoms with E-state index in [0.717, 1.165) is 38.8 Å². The number of aromatic nitrogens is 2. The van der Waals surface area contributed by atoms with Crippen molar-refractivity contribution in [2.45, 2.75) is 50.8 Å². The molecule has 5 heteroatoms. The normalized spacial score (nSPS) is 21.0. The number of hydrogen-bond acceptors (Lipinski definition) is 3. The van der Waals surface area contributed by atoms with Crippen LogP contribution in [0.1, 0.15) is 31.2 Å². The highest BCUT2D eigenvalue weighted by Gasteiger charge is 2.32. The van der Waals surface area contributed by atoms with Crippen molar-refractivity contribution < 1.29 is 9.90 Å². The number of likely N-dealkylation sites (tertiary alicyclic amines) is 1. The highest BCUT2D eigenvalue weighted by molar-refractivity contribution is 5.76. The first-order valence-electron chi connectivity index (χ1n) is 8.71. The SMILES string of the molecule is O=C(CCCn1ccnc1)N1CCC[C@H](O)[C@@H]1Cc1ccccc1. The van der Waals surface area contributed by atoms with Crippen molar-refractivity contribution in [3.63, 3.8) is 0 Å². The molecule has 3 rings (SSSR count). The molecule has 0 bridgehead atoms. The molecule has 2 atom stereocenters. The van der Waals surface area contributed by atoms with Crippen molar-refractivity contribution in [1.29, 1.82) is 0 Å². The summed E-state index contributed by atoms with van der Waals surface area (Å²) < 4.78 is 1.99. The number of hydrogen-bond donors (Lipinski definition) is 1. The van der Waals surface area contributed by atoms with Crippen molar-refractivity contribution in [2.75, 3.05) is 6.54 Å². The average Bonchev–Trinajstić information content (AvgIpc) is 3.11. The second kappa shape index (κ2) is 8.11. The van der Waals surface area contributed by atoms with Crippen LogP contribution in [0.15, 0.2) is 49.1 Å². The van der Waals surface area contributed by atoms with Gasteiger partial charge >= 0.3 is 0 Å². The largest absolute Gasteiger partial charge is 0.391 e. The molecule has 1 amide bonds. The monoisotopic (exact) mass is 327 g/mol. The minimum absolute atomic E-state index is 0.109. The minimum Gasteiger partial charge on any atom is -0.391 e. The maximum absolute atomic E-state index is 12.7. The third-order valence-corrected chi connectivity index (χ3v) is 4.72. The molecular formula is C19H25N3O2. The Morgan fingerprint density at radius 2 is 2.12 bits per heavy atom. The topological polar surface area (TPSA) is 58.4 Å². The van der Waals surface area contributed by atoms with Gasteiger partial charge in [0.15, 0.2) is 0 Å². The van der Waals surface area contributed by atoms with Gasteiger partial charge < -0.3 is 14.6 Å². The van der Waals surface area contributed by atoms with E-state index in [-0.39, 0.29) is 11.9 Å². The molecule has 1 fully saturated rings. The lowest BCUT2D eigenvalue weighted by molar-refractivity contribution is -0.138. The van der Waals surface area contributed by atoms with Crippen LogP contribution in [0.25, 0.3) is 0 Å². The van der Waals surface area contributed by atoms with Crippen molar-refractivity contribution in [3.8, 4) is 0 Å². The minimum atomic E-state index is -0.434. The van der Waals surface area contributed by atoms with E-state index >= 15 is 0 Å². The average molecular weight is 327 g/mol. The molecule has 5 nitrogen and oxygen atoms in total. The summed E-state index contributed by atoms with van der Waals surface area (Å²) in [6.45, 7) is 1.55. The van der Waals surface area contributed by atoms with Gasteiger partial charge in [-0.3, -0.25) is 4.79 Å². The van der Waals surface area contributed by atoms with E-state index in [4.69, 9.17) is 0 Å². The van der Waals surface area contributed by atoms with E-state index < -0.39 is 6.10 Å². The van der Waals surface area contributed by atoms with Crippen LogP contribution in [0.3, 0.4) is 0 Å². The molecule has 2 aromatic rings. The number of rotatable bonds is 6. The second-order valence-corrected chi connectivity index (χ2v) is 6.46. The zero-order valence-electron chi connectivity index (χ0n) is 13.9. The predicted octanol–water partition coefficient (Wildman–Crippen LogP) is 2.26. The number of amides is 1. The van der Waals surface area contributed by atoms with Gasteiger partial charge in [-0.2, -0.15) is 0 Å². The van der Waals surface area contributed by atoms with E-state index in [2.05, 4.69) is 17.1 Å². The fourth-order valence-corrected chi connectivity index (χ4v) is 3.42. The highest BCUT2D eigenvalue weighted by atomic mass is 16.3. The smallest absolute Gasteiger partial charge is 0.222 e. The first-order chi connectivity index (χ1) is 11.7. The second-order valence-electron chi connectivity index (χ2n) is 6.46.